The van der Waals surface area contributed by atoms with Crippen LogP contribution in [-0.2, 0) is 10.0 Å². The molecule has 1 N–H and O–H groups in total. The van der Waals surface area contributed by atoms with E-state index in [-0.39, 0.29) is 4.90 Å². The summed E-state index contributed by atoms with van der Waals surface area (Å²) in [6.45, 7) is 6.42. The molecule has 1 heterocycles. The van der Waals surface area contributed by atoms with Gasteiger partial charge in [0.2, 0.25) is 10.0 Å². The molecule has 0 unspecified atom stereocenters. The lowest BCUT2D eigenvalue weighted by Crippen LogP contribution is -2.31. The largest absolute Gasteiger partial charge is 0.494 e. The minimum Gasteiger partial charge on any atom is -0.494 e. The molecular formula is C17H28N2O3S. The first-order chi connectivity index (χ1) is 11.1. The van der Waals surface area contributed by atoms with E-state index in [4.69, 9.17) is 4.74 Å². The Balaban J connectivity index is 1.70. The van der Waals surface area contributed by atoms with Crippen LogP contribution >= 0.6 is 0 Å². The predicted molar refractivity (Wildman–Crippen MR) is 92.3 cm³/mol. The summed E-state index contributed by atoms with van der Waals surface area (Å²) in [6.07, 6.45) is 5.84. The predicted octanol–water partition coefficient (Wildman–Crippen LogP) is 2.63. The topological polar surface area (TPSA) is 58.6 Å². The number of hydrogen-bond acceptors (Lipinski definition) is 4. The quantitative estimate of drug-likeness (QED) is 0.702. The number of rotatable bonds is 9. The zero-order valence-electron chi connectivity index (χ0n) is 14.0. The van der Waals surface area contributed by atoms with Gasteiger partial charge in [0.1, 0.15) is 5.75 Å². The number of likely N-dealkylation sites (tertiary alicyclic amines) is 1. The first-order valence-electron chi connectivity index (χ1n) is 8.57. The summed E-state index contributed by atoms with van der Waals surface area (Å²) in [5, 5.41) is 0. The third-order valence-electron chi connectivity index (χ3n) is 4.09. The molecule has 1 saturated heterocycles. The van der Waals surface area contributed by atoms with Crippen LogP contribution in [0.4, 0.5) is 0 Å². The van der Waals surface area contributed by atoms with Crippen molar-refractivity contribution in [1.29, 1.82) is 0 Å². The highest BCUT2D eigenvalue weighted by molar-refractivity contribution is 7.89. The maximum absolute atomic E-state index is 12.2. The number of ether oxygens (including phenoxy) is 1. The van der Waals surface area contributed by atoms with Gasteiger partial charge in [-0.25, -0.2) is 13.1 Å². The number of nitrogens with zero attached hydrogens (tertiary/aromatic N) is 1. The highest BCUT2D eigenvalue weighted by Gasteiger charge is 2.13. The molecule has 2 rings (SSSR count). The van der Waals surface area contributed by atoms with E-state index in [2.05, 4.69) is 9.62 Å². The van der Waals surface area contributed by atoms with Crippen molar-refractivity contribution in [1.82, 2.24) is 9.62 Å². The molecule has 5 nitrogen and oxygen atoms in total. The van der Waals surface area contributed by atoms with Crippen molar-refractivity contribution in [3.63, 3.8) is 0 Å². The van der Waals surface area contributed by atoms with Crippen LogP contribution in [0, 0.1) is 0 Å². The lowest BCUT2D eigenvalue weighted by Gasteiger charge is -2.26. The molecule has 6 heteroatoms. The van der Waals surface area contributed by atoms with Gasteiger partial charge in [0.05, 0.1) is 11.5 Å². The Kier molecular flexibility index (Phi) is 7.33. The van der Waals surface area contributed by atoms with Crippen LogP contribution < -0.4 is 9.46 Å². The van der Waals surface area contributed by atoms with E-state index in [0.717, 1.165) is 19.4 Å². The summed E-state index contributed by atoms with van der Waals surface area (Å²) in [4.78, 5) is 2.77. The maximum atomic E-state index is 12.2. The molecule has 1 aromatic rings. The van der Waals surface area contributed by atoms with E-state index in [1.165, 1.54) is 32.4 Å². The van der Waals surface area contributed by atoms with E-state index in [1.807, 2.05) is 6.92 Å². The normalized spacial score (nSPS) is 16.4. The van der Waals surface area contributed by atoms with Gasteiger partial charge >= 0.3 is 0 Å². The lowest BCUT2D eigenvalue weighted by molar-refractivity contribution is 0.225. The molecule has 0 radical (unpaired) electrons. The van der Waals surface area contributed by atoms with Crippen LogP contribution in [0.25, 0.3) is 0 Å². The zero-order chi connectivity index (χ0) is 16.5. The smallest absolute Gasteiger partial charge is 0.240 e. The number of piperidine rings is 1. The van der Waals surface area contributed by atoms with E-state index >= 15 is 0 Å². The molecule has 0 spiro atoms. The van der Waals surface area contributed by atoms with Gasteiger partial charge in [-0.1, -0.05) is 6.42 Å². The second-order valence-electron chi connectivity index (χ2n) is 5.91. The van der Waals surface area contributed by atoms with Gasteiger partial charge in [0, 0.05) is 6.54 Å². The second-order valence-corrected chi connectivity index (χ2v) is 7.68. The summed E-state index contributed by atoms with van der Waals surface area (Å²) >= 11 is 0. The van der Waals surface area contributed by atoms with Crippen molar-refractivity contribution in [2.75, 3.05) is 32.8 Å². The van der Waals surface area contributed by atoms with Gasteiger partial charge < -0.3 is 9.64 Å². The van der Waals surface area contributed by atoms with Crippen LogP contribution in [0.1, 0.15) is 39.0 Å². The summed E-state index contributed by atoms with van der Waals surface area (Å²) in [5.74, 6) is 0.688. The summed E-state index contributed by atoms with van der Waals surface area (Å²) < 4.78 is 32.4. The first-order valence-corrected chi connectivity index (χ1v) is 10.0. The molecular weight excluding hydrogens is 312 g/mol. The van der Waals surface area contributed by atoms with Crippen LogP contribution in [-0.4, -0.2) is 46.1 Å². The average Bonchev–Trinajstić information content (AvgIpc) is 2.56. The molecule has 0 aromatic heterocycles. The number of nitrogens with one attached hydrogen (secondary N) is 1. The van der Waals surface area contributed by atoms with Crippen molar-refractivity contribution in [2.24, 2.45) is 0 Å². The van der Waals surface area contributed by atoms with Crippen molar-refractivity contribution >= 4 is 10.0 Å². The Labute approximate surface area is 140 Å². The van der Waals surface area contributed by atoms with Gasteiger partial charge in [-0.05, 0) is 76.5 Å². The zero-order valence-corrected chi connectivity index (χ0v) is 14.8. The standard InChI is InChI=1S/C17H28N2O3S/c1-2-22-16-8-10-17(11-9-16)23(20,21)18-12-4-7-15-19-13-5-3-6-14-19/h8-11,18H,2-7,12-15H2,1H3. The van der Waals surface area contributed by atoms with E-state index in [0.29, 0.717) is 18.9 Å². The highest BCUT2D eigenvalue weighted by Crippen LogP contribution is 2.16. The van der Waals surface area contributed by atoms with Gasteiger partial charge in [0.15, 0.2) is 0 Å². The highest BCUT2D eigenvalue weighted by atomic mass is 32.2. The summed E-state index contributed by atoms with van der Waals surface area (Å²) in [7, 11) is -3.42. The fraction of sp³-hybridized carbons (Fsp3) is 0.647. The van der Waals surface area contributed by atoms with Crippen LogP contribution in [0.15, 0.2) is 29.2 Å². The van der Waals surface area contributed by atoms with Crippen molar-refractivity contribution in [3.05, 3.63) is 24.3 Å². The molecule has 0 bridgehead atoms. The number of benzene rings is 1. The average molecular weight is 340 g/mol. The van der Waals surface area contributed by atoms with E-state index in [9.17, 15) is 8.42 Å². The molecule has 23 heavy (non-hydrogen) atoms. The fourth-order valence-electron chi connectivity index (χ4n) is 2.81. The molecule has 1 fully saturated rings. The molecule has 130 valence electrons. The minimum absolute atomic E-state index is 0.289. The summed E-state index contributed by atoms with van der Waals surface area (Å²) in [6, 6.07) is 6.55. The van der Waals surface area contributed by atoms with Crippen molar-refractivity contribution < 1.29 is 13.2 Å². The number of sulfonamides is 1. The molecule has 0 amide bonds. The van der Waals surface area contributed by atoms with E-state index in [1.54, 1.807) is 24.3 Å². The third kappa shape index (κ3) is 6.12. The monoisotopic (exact) mass is 340 g/mol. The molecule has 0 saturated carbocycles. The molecule has 0 aliphatic carbocycles. The van der Waals surface area contributed by atoms with E-state index < -0.39 is 10.0 Å². The van der Waals surface area contributed by atoms with Crippen LogP contribution in [0.2, 0.25) is 0 Å². The Morgan fingerprint density at radius 1 is 1.09 bits per heavy atom. The van der Waals surface area contributed by atoms with Gasteiger partial charge in [-0.15, -0.1) is 0 Å². The molecule has 0 atom stereocenters. The Morgan fingerprint density at radius 2 is 1.78 bits per heavy atom. The first kappa shape index (κ1) is 18.2. The Morgan fingerprint density at radius 3 is 2.43 bits per heavy atom. The Bertz CT molecular complexity index is 552. The number of hydrogen-bond donors (Lipinski definition) is 1. The fourth-order valence-corrected chi connectivity index (χ4v) is 3.89. The molecule has 1 aliphatic rings. The second kappa shape index (κ2) is 9.25. The summed E-state index contributed by atoms with van der Waals surface area (Å²) in [5.41, 5.74) is 0. The minimum atomic E-state index is -3.42. The lowest BCUT2D eigenvalue weighted by atomic mass is 10.1. The molecule has 1 aliphatic heterocycles. The van der Waals surface area contributed by atoms with Crippen molar-refractivity contribution in [2.45, 2.75) is 43.9 Å². The van der Waals surface area contributed by atoms with Crippen LogP contribution in [0.5, 0.6) is 5.75 Å². The van der Waals surface area contributed by atoms with Gasteiger partial charge in [0.25, 0.3) is 0 Å². The van der Waals surface area contributed by atoms with Gasteiger partial charge in [-0.2, -0.15) is 0 Å². The SMILES string of the molecule is CCOc1ccc(S(=O)(=O)NCCCCN2CCCCC2)cc1. The third-order valence-corrected chi connectivity index (χ3v) is 5.56. The van der Waals surface area contributed by atoms with Crippen LogP contribution in [0.3, 0.4) is 0 Å². The molecule has 1 aromatic carbocycles. The van der Waals surface area contributed by atoms with Gasteiger partial charge in [-0.3, -0.25) is 0 Å². The Hall–Kier alpha value is -1.11. The maximum Gasteiger partial charge on any atom is 0.240 e. The number of unbranched alkanes of at least 4 members (excludes halogenated alkanes) is 1. The van der Waals surface area contributed by atoms with Crippen molar-refractivity contribution in [3.8, 4) is 5.75 Å².